The van der Waals surface area contributed by atoms with E-state index in [1.807, 2.05) is 0 Å². The number of quaternary nitrogens is 3. The molecule has 0 fully saturated rings. The Hall–Kier alpha value is -0.930. The van der Waals surface area contributed by atoms with E-state index < -0.39 is 92.5 Å². The minimum Gasteiger partial charge on any atom is -0.475 e. The molecule has 0 aromatic heterocycles. The highest BCUT2D eigenvalue weighted by Gasteiger charge is 2.63. The molecule has 0 saturated heterocycles. The van der Waals surface area contributed by atoms with Crippen LogP contribution in [0.5, 0.6) is 0 Å². The predicted octanol–water partition coefficient (Wildman–Crippen LogP) is -4.68. The van der Waals surface area contributed by atoms with Gasteiger partial charge in [-0.2, -0.15) is 26.6 Å². The monoisotopic (exact) mass is 484 g/mol. The van der Waals surface area contributed by atoms with Gasteiger partial charge >= 0.3 is 18.4 Å². The number of alkyl halides is 3. The lowest BCUT2D eigenvalue weighted by Gasteiger charge is -2.52. The van der Waals surface area contributed by atoms with E-state index in [0.29, 0.717) is 0 Å². The molecule has 0 heterocycles. The standard InChI is InChI=1S/C10H28N3O9.C2HF3O2.ClH/c14-1-11(2-15,3-16)10(12(4-17,5-18)6-19)13(7-20,8-21)9-22;3-2(4,5)1(6)7;/h10,14-22H,1-9H2;(H,6,7);1H/q+3;;. The molecule has 10 N–H and O–H groups in total. The number of halogens is 4. The van der Waals surface area contributed by atoms with Crippen molar-refractivity contribution in [3.05, 3.63) is 0 Å². The Balaban J connectivity index is -0.000000779. The second-order valence-corrected chi connectivity index (χ2v) is 6.08. The van der Waals surface area contributed by atoms with Crippen LogP contribution in [0.4, 0.5) is 13.2 Å². The summed E-state index contributed by atoms with van der Waals surface area (Å²) in [5.74, 6) is -2.76. The number of aliphatic hydroxyl groups is 9. The predicted molar refractivity (Wildman–Crippen MR) is 89.3 cm³/mol. The van der Waals surface area contributed by atoms with Crippen LogP contribution in [-0.4, -0.2) is 144 Å². The van der Waals surface area contributed by atoms with Gasteiger partial charge in [-0.15, -0.1) is 12.4 Å². The van der Waals surface area contributed by atoms with Crippen molar-refractivity contribution in [2.75, 3.05) is 60.6 Å². The Morgan fingerprint density at radius 1 is 0.600 bits per heavy atom. The SMILES string of the molecule is Cl.O=C(O)C(F)(F)F.OC[N+](CO)(CO)C([N+](CO)(CO)CO)[N+](CO)(CO)CO. The first-order valence-electron chi connectivity index (χ1n) is 7.71. The lowest BCUT2D eigenvalue weighted by Crippen LogP contribution is -2.83. The Labute approximate surface area is 174 Å². The van der Waals surface area contributed by atoms with E-state index in [4.69, 9.17) is 9.90 Å². The summed E-state index contributed by atoms with van der Waals surface area (Å²) in [5.41, 5.74) is 0. The topological polar surface area (TPSA) is 219 Å². The summed E-state index contributed by atoms with van der Waals surface area (Å²) < 4.78 is 28.6. The fraction of sp³-hybridized carbons (Fsp3) is 0.917. The average molecular weight is 485 g/mol. The number of carbonyl (C=O) groups is 1. The molecule has 0 saturated carbocycles. The fourth-order valence-electron chi connectivity index (χ4n) is 2.62. The van der Waals surface area contributed by atoms with E-state index in [-0.39, 0.29) is 12.4 Å². The van der Waals surface area contributed by atoms with E-state index in [1.54, 1.807) is 0 Å². The van der Waals surface area contributed by atoms with Crippen LogP contribution in [0.3, 0.4) is 0 Å². The van der Waals surface area contributed by atoms with Crippen molar-refractivity contribution >= 4 is 18.4 Å². The van der Waals surface area contributed by atoms with Gasteiger partial charge in [0.2, 0.25) is 0 Å². The highest BCUT2D eigenvalue weighted by atomic mass is 35.5. The molecule has 0 aliphatic heterocycles. The molecule has 0 aliphatic rings. The molecular weight excluding hydrogens is 455 g/mol. The number of rotatable bonds is 12. The van der Waals surface area contributed by atoms with Crippen molar-refractivity contribution in [2.24, 2.45) is 0 Å². The van der Waals surface area contributed by atoms with E-state index in [2.05, 4.69) is 0 Å². The van der Waals surface area contributed by atoms with Gasteiger partial charge in [0.15, 0.2) is 60.6 Å². The van der Waals surface area contributed by atoms with Gasteiger partial charge in [-0.25, -0.2) is 4.79 Å². The van der Waals surface area contributed by atoms with E-state index >= 15 is 0 Å². The zero-order chi connectivity index (χ0) is 23.5. The highest BCUT2D eigenvalue weighted by Crippen LogP contribution is 2.30. The van der Waals surface area contributed by atoms with Crippen LogP contribution in [0.2, 0.25) is 0 Å². The summed E-state index contributed by atoms with van der Waals surface area (Å²) in [7, 11) is 0. The number of carboxylic acids is 1. The lowest BCUT2D eigenvalue weighted by atomic mass is 10.3. The van der Waals surface area contributed by atoms with Gasteiger partial charge in [0, 0.05) is 0 Å². The molecule has 184 valence electrons. The zero-order valence-electron chi connectivity index (χ0n) is 15.7. The quantitative estimate of drug-likeness (QED) is 0.0936. The van der Waals surface area contributed by atoms with Gasteiger partial charge in [-0.3, -0.25) is 0 Å². The lowest BCUT2D eigenvalue weighted by molar-refractivity contribution is -1.31. The van der Waals surface area contributed by atoms with Gasteiger partial charge < -0.3 is 51.1 Å². The van der Waals surface area contributed by atoms with Gasteiger partial charge in [0.05, 0.1) is 0 Å². The smallest absolute Gasteiger partial charge is 0.475 e. The van der Waals surface area contributed by atoms with Gasteiger partial charge in [-0.1, -0.05) is 0 Å². The molecule has 0 radical (unpaired) electrons. The molecule has 14 nitrogen and oxygen atoms in total. The number of hydrogen-bond acceptors (Lipinski definition) is 10. The Kier molecular flexibility index (Phi) is 15.9. The maximum absolute atomic E-state index is 10.6. The molecule has 0 unspecified atom stereocenters. The van der Waals surface area contributed by atoms with Gasteiger partial charge in [0.25, 0.3) is 0 Å². The molecule has 0 aromatic rings. The number of nitrogens with zero attached hydrogens (tertiary/aromatic N) is 3. The second-order valence-electron chi connectivity index (χ2n) is 6.08. The fourth-order valence-corrected chi connectivity index (χ4v) is 2.62. The summed E-state index contributed by atoms with van der Waals surface area (Å²) in [6.45, 7) is -8.27. The summed E-state index contributed by atoms with van der Waals surface area (Å²) in [6, 6.07) is 0. The van der Waals surface area contributed by atoms with Crippen molar-refractivity contribution in [2.45, 2.75) is 12.5 Å². The van der Waals surface area contributed by atoms with Crippen LogP contribution in [0, 0.1) is 0 Å². The van der Waals surface area contributed by atoms with E-state index in [9.17, 15) is 59.1 Å². The largest absolute Gasteiger partial charge is 0.490 e. The summed E-state index contributed by atoms with van der Waals surface area (Å²) in [6.07, 6.45) is -6.67. The Morgan fingerprint density at radius 2 is 0.733 bits per heavy atom. The first kappa shape index (κ1) is 33.7. The number of aliphatic carboxylic acids is 1. The summed E-state index contributed by atoms with van der Waals surface area (Å²) in [4.78, 5) is 8.90. The third kappa shape index (κ3) is 7.34. The zero-order valence-corrected chi connectivity index (χ0v) is 16.5. The summed E-state index contributed by atoms with van der Waals surface area (Å²) >= 11 is 0. The molecule has 0 atom stereocenters. The van der Waals surface area contributed by atoms with Crippen LogP contribution in [0.15, 0.2) is 0 Å². The molecule has 18 heteroatoms. The van der Waals surface area contributed by atoms with Gasteiger partial charge in [-0.05, 0) is 0 Å². The highest BCUT2D eigenvalue weighted by molar-refractivity contribution is 5.85. The van der Waals surface area contributed by atoms with Crippen molar-refractivity contribution in [1.82, 2.24) is 0 Å². The molecule has 0 aliphatic carbocycles. The maximum Gasteiger partial charge on any atom is 0.490 e. The molecule has 0 spiro atoms. The first-order valence-corrected chi connectivity index (χ1v) is 7.71. The molecular formula is C12H30ClF3N3O11+3. The third-order valence-electron chi connectivity index (χ3n) is 4.25. The normalized spacial score (nSPS) is 12.8. The number of aliphatic hydroxyl groups excluding tert-OH is 9. The van der Waals surface area contributed by atoms with Crippen LogP contribution in [-0.2, 0) is 4.79 Å². The third-order valence-corrected chi connectivity index (χ3v) is 4.25. The van der Waals surface area contributed by atoms with Crippen molar-refractivity contribution in [1.29, 1.82) is 0 Å². The number of hydrogen-bond donors (Lipinski definition) is 10. The van der Waals surface area contributed by atoms with Crippen molar-refractivity contribution < 1.29 is 82.5 Å². The van der Waals surface area contributed by atoms with Gasteiger partial charge in [0.1, 0.15) is 0 Å². The van der Waals surface area contributed by atoms with Crippen LogP contribution >= 0.6 is 12.4 Å². The maximum atomic E-state index is 10.6. The molecule has 30 heavy (non-hydrogen) atoms. The molecule has 0 bridgehead atoms. The average Bonchev–Trinajstić information content (AvgIpc) is 2.72. The second kappa shape index (κ2) is 14.2. The van der Waals surface area contributed by atoms with Crippen LogP contribution in [0.25, 0.3) is 0 Å². The molecule has 0 amide bonds. The Bertz CT molecular complexity index is 406. The minimum atomic E-state index is -5.08. The summed E-state index contributed by atoms with van der Waals surface area (Å²) in [5, 5.41) is 93.4. The first-order chi connectivity index (χ1) is 13.4. The van der Waals surface area contributed by atoms with E-state index in [1.165, 1.54) is 0 Å². The van der Waals surface area contributed by atoms with Crippen LogP contribution < -0.4 is 0 Å². The molecule has 0 rings (SSSR count). The molecule has 0 aromatic carbocycles. The number of carboxylic acid groups (broad SMARTS) is 1. The minimum absolute atomic E-state index is 0. The van der Waals surface area contributed by atoms with Crippen molar-refractivity contribution in [3.63, 3.8) is 0 Å². The Morgan fingerprint density at radius 3 is 0.800 bits per heavy atom. The van der Waals surface area contributed by atoms with Crippen LogP contribution in [0.1, 0.15) is 0 Å². The van der Waals surface area contributed by atoms with E-state index in [0.717, 1.165) is 0 Å². The van der Waals surface area contributed by atoms with Crippen molar-refractivity contribution in [3.8, 4) is 0 Å².